The molecule has 10 nitrogen and oxygen atoms in total. The molecule has 40 heavy (non-hydrogen) atoms. The third kappa shape index (κ3) is 7.23. The van der Waals surface area contributed by atoms with E-state index in [9.17, 15) is 14.7 Å². The number of hydrogen-bond donors (Lipinski definition) is 2. The number of nitrogens with zero attached hydrogens (tertiary/aromatic N) is 4. The van der Waals surface area contributed by atoms with E-state index in [1.807, 2.05) is 38.5 Å². The minimum Gasteiger partial charge on any atom is -0.477 e. The average Bonchev–Trinajstić information content (AvgIpc) is 2.99. The number of carboxylic acid groups (broad SMARTS) is 1. The number of likely N-dealkylation sites (tertiary alicyclic amines) is 1. The molecule has 2 N–H and O–H groups in total. The second-order valence-electron chi connectivity index (χ2n) is 13.2. The highest BCUT2D eigenvalue weighted by Gasteiger charge is 2.31. The third-order valence-electron chi connectivity index (χ3n) is 7.40. The average molecular weight is 572 g/mol. The number of anilines is 1. The van der Waals surface area contributed by atoms with Crippen molar-refractivity contribution in [2.75, 3.05) is 25.0 Å². The number of aromatic carboxylic acids is 1. The summed E-state index contributed by atoms with van der Waals surface area (Å²) >= 11 is 0. The van der Waals surface area contributed by atoms with Crippen LogP contribution in [0.15, 0.2) is 6.20 Å². The van der Waals surface area contributed by atoms with Crippen molar-refractivity contribution in [1.29, 1.82) is 0 Å². The van der Waals surface area contributed by atoms with Crippen molar-refractivity contribution in [1.82, 2.24) is 19.4 Å². The van der Waals surface area contributed by atoms with Gasteiger partial charge in [0.2, 0.25) is 5.95 Å². The van der Waals surface area contributed by atoms with Gasteiger partial charge in [0.1, 0.15) is 18.0 Å². The molecule has 1 amide bonds. The maximum absolute atomic E-state index is 12.6. The van der Waals surface area contributed by atoms with Crippen LogP contribution in [0.5, 0.6) is 0 Å². The van der Waals surface area contributed by atoms with E-state index in [0.29, 0.717) is 31.2 Å². The van der Waals surface area contributed by atoms with Crippen LogP contribution < -0.4 is 5.32 Å². The summed E-state index contributed by atoms with van der Waals surface area (Å²) in [7, 11) is -1.26. The molecule has 0 aromatic carbocycles. The molecule has 1 aliphatic heterocycles. The van der Waals surface area contributed by atoms with Gasteiger partial charge in [-0.15, -0.1) is 0 Å². The Morgan fingerprint density at radius 1 is 1.20 bits per heavy atom. The van der Waals surface area contributed by atoms with E-state index < -0.39 is 19.6 Å². The molecular formula is C29H45N5O5Si. The molecule has 11 heteroatoms. The molecule has 1 aliphatic carbocycles. The van der Waals surface area contributed by atoms with E-state index in [1.165, 1.54) is 0 Å². The van der Waals surface area contributed by atoms with Crippen molar-refractivity contribution < 1.29 is 24.2 Å². The summed E-state index contributed by atoms with van der Waals surface area (Å²) in [6.45, 7) is 16.4. The second-order valence-corrected chi connectivity index (χ2v) is 18.8. The highest BCUT2D eigenvalue weighted by atomic mass is 28.3. The number of rotatable bonds is 8. The van der Waals surface area contributed by atoms with Crippen molar-refractivity contribution >= 4 is 26.1 Å². The molecule has 0 spiro atoms. The van der Waals surface area contributed by atoms with Crippen molar-refractivity contribution in [2.24, 2.45) is 0 Å². The Balaban J connectivity index is 1.59. The fraction of sp³-hybridized carbons (Fsp3) is 0.655. The SMILES string of the molecule is Cc1c2c(n(COCC[Si](C)(C)C)c1C(=O)O)CCCc1cnc(N[C@H]3CCCN(C(=O)OC(C)(C)C)C3)nc1-2. The molecule has 0 unspecified atom stereocenters. The number of fused-ring (bicyclic) bond motifs is 3. The molecule has 3 heterocycles. The Morgan fingerprint density at radius 3 is 2.62 bits per heavy atom. The summed E-state index contributed by atoms with van der Waals surface area (Å²) in [5, 5.41) is 13.6. The molecule has 2 aliphatic rings. The fourth-order valence-electron chi connectivity index (χ4n) is 5.43. The standard InChI is InChI=1S/C29H45N5O5Si/c1-19-23-22(34(25(19)26(35)36)18-38-14-15-40(5,6)7)12-8-10-20-16-30-27(32-24(20)23)31-21-11-9-13-33(17-21)28(37)39-29(2,3)4/h16,21H,8-15,17-18H2,1-7H3,(H,35,36)(H,30,31,32)/t21-/m0/s1. The van der Waals surface area contributed by atoms with Crippen molar-refractivity contribution in [3.63, 3.8) is 0 Å². The number of nitrogens with one attached hydrogen (secondary N) is 1. The zero-order chi connectivity index (χ0) is 29.2. The van der Waals surface area contributed by atoms with Gasteiger partial charge in [0.25, 0.3) is 0 Å². The zero-order valence-electron chi connectivity index (χ0n) is 25.1. The van der Waals surface area contributed by atoms with Gasteiger partial charge in [0.15, 0.2) is 0 Å². The number of aryl methyl sites for hydroxylation is 1. The third-order valence-corrected chi connectivity index (χ3v) is 9.11. The lowest BCUT2D eigenvalue weighted by Crippen LogP contribution is -2.47. The molecule has 0 bridgehead atoms. The summed E-state index contributed by atoms with van der Waals surface area (Å²) in [5.41, 5.74) is 4.06. The largest absolute Gasteiger partial charge is 0.477 e. The van der Waals surface area contributed by atoms with Crippen molar-refractivity contribution in [3.05, 3.63) is 28.7 Å². The van der Waals surface area contributed by atoms with Gasteiger partial charge < -0.3 is 29.4 Å². The number of aromatic nitrogens is 3. The molecular weight excluding hydrogens is 526 g/mol. The Morgan fingerprint density at radius 2 is 1.95 bits per heavy atom. The molecule has 0 radical (unpaired) electrons. The van der Waals surface area contributed by atoms with E-state index in [-0.39, 0.29) is 24.6 Å². The Kier molecular flexibility index (Phi) is 8.94. The van der Waals surface area contributed by atoms with Gasteiger partial charge >= 0.3 is 12.1 Å². The van der Waals surface area contributed by atoms with E-state index in [0.717, 1.165) is 60.7 Å². The van der Waals surface area contributed by atoms with E-state index in [1.54, 1.807) is 4.90 Å². The van der Waals surface area contributed by atoms with E-state index >= 15 is 0 Å². The second kappa shape index (κ2) is 11.9. The number of hydrogen-bond acceptors (Lipinski definition) is 7. The van der Waals surface area contributed by atoms with Crippen LogP contribution >= 0.6 is 0 Å². The molecule has 4 rings (SSSR count). The van der Waals surface area contributed by atoms with Crippen LogP contribution in [0.4, 0.5) is 10.7 Å². The lowest BCUT2D eigenvalue weighted by molar-refractivity contribution is 0.0206. The summed E-state index contributed by atoms with van der Waals surface area (Å²) < 4.78 is 13.4. The number of carbonyl (C=O) groups excluding carboxylic acids is 1. The predicted octanol–water partition coefficient (Wildman–Crippen LogP) is 5.56. The van der Waals surface area contributed by atoms with Crippen molar-refractivity contribution in [2.45, 2.75) is 104 Å². The zero-order valence-corrected chi connectivity index (χ0v) is 26.1. The quantitative estimate of drug-likeness (QED) is 0.312. The molecule has 1 fully saturated rings. The first-order valence-electron chi connectivity index (χ1n) is 14.4. The van der Waals surface area contributed by atoms with Crippen LogP contribution in [0.3, 0.4) is 0 Å². The monoisotopic (exact) mass is 571 g/mol. The molecule has 2 aromatic rings. The lowest BCUT2D eigenvalue weighted by atomic mass is 10.0. The first kappa shape index (κ1) is 30.0. The number of amides is 1. The predicted molar refractivity (Wildman–Crippen MR) is 158 cm³/mol. The molecule has 1 atom stereocenters. The minimum absolute atomic E-state index is 0.00962. The van der Waals surface area contributed by atoms with E-state index in [4.69, 9.17) is 14.5 Å². The van der Waals surface area contributed by atoms with E-state index in [2.05, 4.69) is 29.9 Å². The normalized spacial score (nSPS) is 17.6. The van der Waals surface area contributed by atoms with Gasteiger partial charge in [0, 0.05) is 51.3 Å². The summed E-state index contributed by atoms with van der Waals surface area (Å²) in [6, 6.07) is 1.01. The van der Waals surface area contributed by atoms with Gasteiger partial charge in [0.05, 0.1) is 5.69 Å². The lowest BCUT2D eigenvalue weighted by Gasteiger charge is -2.34. The van der Waals surface area contributed by atoms with Gasteiger partial charge in [-0.05, 0) is 77.0 Å². The summed E-state index contributed by atoms with van der Waals surface area (Å²) in [5.74, 6) is -0.476. The van der Waals surface area contributed by atoms with Crippen LogP contribution in [0.25, 0.3) is 11.3 Å². The Labute approximate surface area is 238 Å². The Hall–Kier alpha value is -2.92. The van der Waals surface area contributed by atoms with Gasteiger partial charge in [-0.3, -0.25) is 0 Å². The van der Waals surface area contributed by atoms with Crippen LogP contribution in [0, 0.1) is 6.92 Å². The first-order valence-corrected chi connectivity index (χ1v) is 18.1. The minimum atomic E-state index is -1.26. The fourth-order valence-corrected chi connectivity index (χ4v) is 6.18. The first-order chi connectivity index (χ1) is 18.7. The smallest absolute Gasteiger partial charge is 0.410 e. The van der Waals surface area contributed by atoms with Gasteiger partial charge in [-0.2, -0.15) is 0 Å². The maximum Gasteiger partial charge on any atom is 0.410 e. The number of piperidine rings is 1. The summed E-state index contributed by atoms with van der Waals surface area (Å²) in [4.78, 5) is 36.3. The van der Waals surface area contributed by atoms with Crippen LogP contribution in [-0.2, 0) is 29.0 Å². The molecule has 1 saturated heterocycles. The van der Waals surface area contributed by atoms with Gasteiger partial charge in [-0.25, -0.2) is 19.6 Å². The van der Waals surface area contributed by atoms with Crippen LogP contribution in [0.2, 0.25) is 25.7 Å². The van der Waals surface area contributed by atoms with Crippen molar-refractivity contribution in [3.8, 4) is 11.3 Å². The van der Waals surface area contributed by atoms with Crippen LogP contribution in [-0.4, -0.2) is 76.0 Å². The Bertz CT molecular complexity index is 1250. The maximum atomic E-state index is 12.6. The number of ether oxygens (including phenoxy) is 2. The molecule has 0 saturated carbocycles. The summed E-state index contributed by atoms with van der Waals surface area (Å²) in [6.07, 6.45) is 5.73. The molecule has 220 valence electrons. The topological polar surface area (TPSA) is 119 Å². The highest BCUT2D eigenvalue weighted by molar-refractivity contribution is 6.76. The molecule has 2 aromatic heterocycles. The van der Waals surface area contributed by atoms with Crippen LogP contribution in [0.1, 0.15) is 67.3 Å². The number of carbonyl (C=O) groups is 2. The number of carboxylic acids is 1. The highest BCUT2D eigenvalue weighted by Crippen LogP contribution is 2.38. The van der Waals surface area contributed by atoms with Gasteiger partial charge in [-0.1, -0.05) is 19.6 Å².